The van der Waals surface area contributed by atoms with Crippen LogP contribution in [0.3, 0.4) is 0 Å². The maximum absolute atomic E-state index is 13.8. The number of nitrogens with zero attached hydrogens (tertiary/aromatic N) is 3. The summed E-state index contributed by atoms with van der Waals surface area (Å²) < 4.78 is 19.5. The van der Waals surface area contributed by atoms with E-state index < -0.39 is 5.82 Å². The molecule has 3 aromatic rings. The van der Waals surface area contributed by atoms with Crippen LogP contribution in [0.1, 0.15) is 28.6 Å². The third-order valence-corrected chi connectivity index (χ3v) is 4.39. The van der Waals surface area contributed by atoms with Crippen LogP contribution >= 0.6 is 0 Å². The summed E-state index contributed by atoms with van der Waals surface area (Å²) >= 11 is 0. The molecule has 0 saturated carbocycles. The van der Waals surface area contributed by atoms with Crippen molar-refractivity contribution in [1.82, 2.24) is 15.1 Å². The van der Waals surface area contributed by atoms with E-state index >= 15 is 0 Å². The van der Waals surface area contributed by atoms with Crippen molar-refractivity contribution in [2.45, 2.75) is 12.3 Å². The highest BCUT2D eigenvalue weighted by molar-refractivity contribution is 5.94. The van der Waals surface area contributed by atoms with Gasteiger partial charge in [0.25, 0.3) is 11.8 Å². The normalized spacial score (nSPS) is 17.0. The molecule has 0 radical (unpaired) electrons. The number of rotatable bonds is 3. The Hall–Kier alpha value is -3.02. The fraction of sp³-hybridized carbons (Fsp3) is 0.211. The zero-order chi connectivity index (χ0) is 17.2. The molecule has 0 bridgehead atoms. The van der Waals surface area contributed by atoms with E-state index in [1.54, 1.807) is 35.2 Å². The SMILES string of the molecule is O=C(c1ccccc1)N1CC[C@H](c2nnc(-c3ccccc3F)o2)C1. The second-order valence-corrected chi connectivity index (χ2v) is 6.03. The number of carbonyl (C=O) groups is 1. The Kier molecular flexibility index (Phi) is 4.01. The molecule has 1 atom stereocenters. The topological polar surface area (TPSA) is 59.2 Å². The van der Waals surface area contributed by atoms with E-state index in [9.17, 15) is 9.18 Å². The minimum atomic E-state index is -0.398. The van der Waals surface area contributed by atoms with Crippen LogP contribution in [0.4, 0.5) is 4.39 Å². The van der Waals surface area contributed by atoms with Gasteiger partial charge >= 0.3 is 0 Å². The molecular formula is C19H16FN3O2. The van der Waals surface area contributed by atoms with Crippen LogP contribution < -0.4 is 0 Å². The van der Waals surface area contributed by atoms with Gasteiger partial charge in [-0.3, -0.25) is 4.79 Å². The third-order valence-electron chi connectivity index (χ3n) is 4.39. The van der Waals surface area contributed by atoms with E-state index in [0.29, 0.717) is 24.5 Å². The molecule has 1 aliphatic heterocycles. The maximum atomic E-state index is 13.8. The Morgan fingerprint density at radius 3 is 2.64 bits per heavy atom. The van der Waals surface area contributed by atoms with Gasteiger partial charge in [0, 0.05) is 18.7 Å². The predicted octanol–water partition coefficient (Wildman–Crippen LogP) is 3.51. The molecule has 1 amide bonds. The summed E-state index contributed by atoms with van der Waals surface area (Å²) in [5, 5.41) is 8.02. The first-order valence-corrected chi connectivity index (χ1v) is 8.15. The molecule has 2 aromatic carbocycles. The number of benzene rings is 2. The van der Waals surface area contributed by atoms with E-state index in [1.807, 2.05) is 18.2 Å². The summed E-state index contributed by atoms with van der Waals surface area (Å²) in [5.41, 5.74) is 0.956. The van der Waals surface area contributed by atoms with Crippen LogP contribution in [0.2, 0.25) is 0 Å². The molecule has 1 fully saturated rings. The van der Waals surface area contributed by atoms with Gasteiger partial charge < -0.3 is 9.32 Å². The maximum Gasteiger partial charge on any atom is 0.253 e. The zero-order valence-electron chi connectivity index (χ0n) is 13.4. The van der Waals surface area contributed by atoms with Crippen LogP contribution in [0.5, 0.6) is 0 Å². The van der Waals surface area contributed by atoms with Gasteiger partial charge in [0.1, 0.15) is 5.82 Å². The molecule has 2 heterocycles. The number of hydrogen-bond acceptors (Lipinski definition) is 4. The molecule has 0 spiro atoms. The molecule has 6 heteroatoms. The van der Waals surface area contributed by atoms with Crippen molar-refractivity contribution in [3.63, 3.8) is 0 Å². The summed E-state index contributed by atoms with van der Waals surface area (Å²) in [5.74, 6) is 0.185. The Balaban J connectivity index is 1.49. The van der Waals surface area contributed by atoms with Gasteiger partial charge in [0.2, 0.25) is 5.89 Å². The van der Waals surface area contributed by atoms with Crippen molar-refractivity contribution in [1.29, 1.82) is 0 Å². The monoisotopic (exact) mass is 337 g/mol. The van der Waals surface area contributed by atoms with Crippen molar-refractivity contribution < 1.29 is 13.6 Å². The van der Waals surface area contributed by atoms with Gasteiger partial charge in [-0.15, -0.1) is 10.2 Å². The molecule has 25 heavy (non-hydrogen) atoms. The highest BCUT2D eigenvalue weighted by atomic mass is 19.1. The summed E-state index contributed by atoms with van der Waals surface area (Å²) in [6, 6.07) is 15.5. The molecule has 1 saturated heterocycles. The van der Waals surface area contributed by atoms with E-state index in [1.165, 1.54) is 6.07 Å². The summed E-state index contributed by atoms with van der Waals surface area (Å²) in [6.07, 6.45) is 0.747. The lowest BCUT2D eigenvalue weighted by molar-refractivity contribution is 0.0790. The van der Waals surface area contributed by atoms with Gasteiger partial charge in [0.15, 0.2) is 0 Å². The third kappa shape index (κ3) is 3.03. The van der Waals surface area contributed by atoms with Crippen LogP contribution in [-0.4, -0.2) is 34.1 Å². The Bertz CT molecular complexity index is 894. The highest BCUT2D eigenvalue weighted by Gasteiger charge is 2.31. The van der Waals surface area contributed by atoms with Gasteiger partial charge in [-0.1, -0.05) is 30.3 Å². The second-order valence-electron chi connectivity index (χ2n) is 6.03. The number of carbonyl (C=O) groups excluding carboxylic acids is 1. The second kappa shape index (κ2) is 6.47. The van der Waals surface area contributed by atoms with Gasteiger partial charge in [-0.25, -0.2) is 4.39 Å². The van der Waals surface area contributed by atoms with Crippen LogP contribution in [0.25, 0.3) is 11.5 Å². The highest BCUT2D eigenvalue weighted by Crippen LogP contribution is 2.30. The van der Waals surface area contributed by atoms with Gasteiger partial charge in [-0.05, 0) is 30.7 Å². The molecule has 1 aromatic heterocycles. The minimum Gasteiger partial charge on any atom is -0.420 e. The molecule has 4 rings (SSSR count). The van der Waals surface area contributed by atoms with Gasteiger partial charge in [-0.2, -0.15) is 0 Å². The number of halogens is 1. The smallest absolute Gasteiger partial charge is 0.253 e. The lowest BCUT2D eigenvalue weighted by Gasteiger charge is -2.15. The molecule has 0 N–H and O–H groups in total. The van der Waals surface area contributed by atoms with Crippen molar-refractivity contribution in [2.75, 3.05) is 13.1 Å². The van der Waals surface area contributed by atoms with E-state index in [2.05, 4.69) is 10.2 Å². The quantitative estimate of drug-likeness (QED) is 0.734. The van der Waals surface area contributed by atoms with E-state index in [0.717, 1.165) is 6.42 Å². The molecular weight excluding hydrogens is 321 g/mol. The number of amides is 1. The van der Waals surface area contributed by atoms with Crippen molar-refractivity contribution >= 4 is 5.91 Å². The Morgan fingerprint density at radius 1 is 1.08 bits per heavy atom. The number of aromatic nitrogens is 2. The summed E-state index contributed by atoms with van der Waals surface area (Å²) in [6.45, 7) is 1.16. The first-order valence-electron chi connectivity index (χ1n) is 8.15. The summed E-state index contributed by atoms with van der Waals surface area (Å²) in [7, 11) is 0. The first-order chi connectivity index (χ1) is 12.2. The van der Waals surface area contributed by atoms with E-state index in [-0.39, 0.29) is 23.3 Å². The standard InChI is InChI=1S/C19H16FN3O2/c20-16-9-5-4-8-15(16)18-22-21-17(25-18)14-10-11-23(12-14)19(24)13-6-2-1-3-7-13/h1-9,14H,10-12H2/t14-/m0/s1. The lowest BCUT2D eigenvalue weighted by Crippen LogP contribution is -2.28. The van der Waals surface area contributed by atoms with Crippen molar-refractivity contribution in [3.05, 3.63) is 71.9 Å². The van der Waals surface area contributed by atoms with Crippen molar-refractivity contribution in [2.24, 2.45) is 0 Å². The Labute approximate surface area is 144 Å². The molecule has 5 nitrogen and oxygen atoms in total. The fourth-order valence-electron chi connectivity index (χ4n) is 3.05. The molecule has 126 valence electrons. The Morgan fingerprint density at radius 2 is 1.84 bits per heavy atom. The largest absolute Gasteiger partial charge is 0.420 e. The number of likely N-dealkylation sites (tertiary alicyclic amines) is 1. The van der Waals surface area contributed by atoms with Crippen LogP contribution in [-0.2, 0) is 0 Å². The molecule has 0 unspecified atom stereocenters. The van der Waals surface area contributed by atoms with Crippen molar-refractivity contribution in [3.8, 4) is 11.5 Å². The molecule has 0 aliphatic carbocycles. The lowest BCUT2D eigenvalue weighted by atomic mass is 10.1. The summed E-state index contributed by atoms with van der Waals surface area (Å²) in [4.78, 5) is 14.3. The zero-order valence-corrected chi connectivity index (χ0v) is 13.4. The number of hydrogen-bond donors (Lipinski definition) is 0. The average molecular weight is 337 g/mol. The van der Waals surface area contributed by atoms with E-state index in [4.69, 9.17) is 4.42 Å². The average Bonchev–Trinajstić information content (AvgIpc) is 3.32. The first kappa shape index (κ1) is 15.5. The molecule has 1 aliphatic rings. The minimum absolute atomic E-state index is 0.00283. The fourth-order valence-corrected chi connectivity index (χ4v) is 3.05. The van der Waals surface area contributed by atoms with Crippen LogP contribution in [0.15, 0.2) is 59.0 Å². The van der Waals surface area contributed by atoms with Gasteiger partial charge in [0.05, 0.1) is 11.5 Å². The van der Waals surface area contributed by atoms with Crippen LogP contribution in [0, 0.1) is 5.82 Å². The predicted molar refractivity (Wildman–Crippen MR) is 89.4 cm³/mol.